The molecule has 0 fully saturated rings. The summed E-state index contributed by atoms with van der Waals surface area (Å²) in [5, 5.41) is 20.0. The van der Waals surface area contributed by atoms with E-state index in [1.807, 2.05) is 39.0 Å². The number of carbonyl (C=O) groups is 2. The highest BCUT2D eigenvalue weighted by Crippen LogP contribution is 2.38. The van der Waals surface area contributed by atoms with E-state index in [0.717, 1.165) is 32.7 Å². The Kier molecular flexibility index (Phi) is 8.07. The molecule has 180 valence electrons. The lowest BCUT2D eigenvalue weighted by Crippen LogP contribution is -2.34. The predicted octanol–water partition coefficient (Wildman–Crippen LogP) is 4.94. The number of carboxylic acid groups (broad SMARTS) is 1. The summed E-state index contributed by atoms with van der Waals surface area (Å²) >= 11 is 0. The van der Waals surface area contributed by atoms with Crippen LogP contribution in [0, 0.1) is 6.92 Å². The van der Waals surface area contributed by atoms with Crippen molar-refractivity contribution in [2.24, 2.45) is 0 Å². The topological polar surface area (TPSA) is 113 Å². The molecule has 0 aliphatic carbocycles. The minimum atomic E-state index is -1.16. The summed E-state index contributed by atoms with van der Waals surface area (Å²) in [5.74, 6) is -1.26. The van der Waals surface area contributed by atoms with Gasteiger partial charge in [-0.2, -0.15) is 0 Å². The molecule has 2 aromatic rings. The van der Waals surface area contributed by atoms with Gasteiger partial charge in [-0.15, -0.1) is 0 Å². The average molecular weight is 485 g/mol. The van der Waals surface area contributed by atoms with Gasteiger partial charge in [0, 0.05) is 16.7 Å². The van der Waals surface area contributed by atoms with Crippen LogP contribution in [-0.2, 0) is 40.0 Å². The Hall–Kier alpha value is -3.22. The fourth-order valence-corrected chi connectivity index (χ4v) is 4.45. The van der Waals surface area contributed by atoms with Gasteiger partial charge in [0.05, 0.1) is 0 Å². The Labute approximate surface area is 200 Å². The number of phenols is 1. The Morgan fingerprint density at radius 1 is 1.32 bits per heavy atom. The number of esters is 1. The van der Waals surface area contributed by atoms with E-state index >= 15 is 0 Å². The van der Waals surface area contributed by atoms with Crippen molar-refractivity contribution in [1.29, 1.82) is 0 Å². The molecule has 0 saturated heterocycles. The van der Waals surface area contributed by atoms with E-state index in [0.29, 0.717) is 30.6 Å². The van der Waals surface area contributed by atoms with Crippen molar-refractivity contribution in [1.82, 2.24) is 4.83 Å². The van der Waals surface area contributed by atoms with Crippen LogP contribution in [0.25, 0.3) is 0 Å². The molecule has 1 aliphatic rings. The van der Waals surface area contributed by atoms with Crippen LogP contribution in [0.3, 0.4) is 0 Å². The van der Waals surface area contributed by atoms with Gasteiger partial charge in [0.15, 0.2) is 11.8 Å². The molecular weight excluding hydrogens is 457 g/mol. The van der Waals surface area contributed by atoms with Crippen molar-refractivity contribution in [2.75, 3.05) is 0 Å². The number of aliphatic carboxylic acids is 1. The number of nitrogens with zero attached hydrogens (tertiary/aromatic N) is 1. The molecule has 0 saturated carbocycles. The van der Waals surface area contributed by atoms with E-state index in [9.17, 15) is 24.4 Å². The van der Waals surface area contributed by atoms with Gasteiger partial charge in [-0.25, -0.2) is 4.79 Å². The SMILES string of the molecule is CCc1c(C)c2c(c(O)c1CC=C(C)Cc1ccccc1ON(P=O)[C@@H](C)C(=O)O)C(=O)OC2. The third-order valence-corrected chi connectivity index (χ3v) is 6.65. The molecule has 0 amide bonds. The summed E-state index contributed by atoms with van der Waals surface area (Å²) in [4.78, 5) is 29.9. The average Bonchev–Trinajstić information content (AvgIpc) is 3.21. The second-order valence-electron chi connectivity index (χ2n) is 8.24. The molecule has 1 heterocycles. The number of benzene rings is 2. The van der Waals surface area contributed by atoms with Gasteiger partial charge < -0.3 is 19.8 Å². The Morgan fingerprint density at radius 3 is 2.68 bits per heavy atom. The Balaban J connectivity index is 1.85. The van der Waals surface area contributed by atoms with Crippen LogP contribution >= 0.6 is 8.61 Å². The van der Waals surface area contributed by atoms with E-state index in [-0.39, 0.29) is 17.9 Å². The van der Waals surface area contributed by atoms with Gasteiger partial charge in [-0.3, -0.25) is 9.36 Å². The molecule has 1 atom stereocenters. The van der Waals surface area contributed by atoms with Gasteiger partial charge in [-0.05, 0) is 62.1 Å². The minimum absolute atomic E-state index is 0.0134. The molecule has 0 spiro atoms. The monoisotopic (exact) mass is 485 g/mol. The van der Waals surface area contributed by atoms with E-state index in [2.05, 4.69) is 0 Å². The number of hydroxylamine groups is 1. The van der Waals surface area contributed by atoms with Crippen molar-refractivity contribution in [2.45, 2.75) is 59.6 Å². The molecule has 2 aromatic carbocycles. The van der Waals surface area contributed by atoms with Gasteiger partial charge in [-0.1, -0.05) is 36.8 Å². The number of aromatic hydroxyl groups is 1. The van der Waals surface area contributed by atoms with Crippen molar-refractivity contribution >= 4 is 20.5 Å². The summed E-state index contributed by atoms with van der Waals surface area (Å²) in [6, 6.07) is 6.02. The fourth-order valence-electron chi connectivity index (χ4n) is 4.09. The number of para-hydroxylation sites is 1. The number of cyclic esters (lactones) is 1. The quantitative estimate of drug-likeness (QED) is 0.211. The van der Waals surface area contributed by atoms with E-state index in [1.165, 1.54) is 6.92 Å². The smallest absolute Gasteiger partial charge is 0.342 e. The fraction of sp³-hybridized carbons (Fsp3) is 0.360. The molecule has 2 N–H and O–H groups in total. The number of hydrogen-bond donors (Lipinski definition) is 2. The van der Waals surface area contributed by atoms with Crippen LogP contribution in [0.1, 0.15) is 58.9 Å². The number of phenolic OH excluding ortho intramolecular Hbond substituents is 1. The van der Waals surface area contributed by atoms with Crippen LogP contribution in [-0.4, -0.2) is 33.0 Å². The maximum absolute atomic E-state index is 12.1. The van der Waals surface area contributed by atoms with Crippen LogP contribution < -0.4 is 4.84 Å². The molecular formula is C25H28NO7P. The molecule has 9 heteroatoms. The largest absolute Gasteiger partial charge is 0.507 e. The third kappa shape index (κ3) is 5.13. The first-order chi connectivity index (χ1) is 16.2. The summed E-state index contributed by atoms with van der Waals surface area (Å²) in [5.41, 5.74) is 5.49. The Bertz CT molecular complexity index is 1160. The zero-order valence-corrected chi connectivity index (χ0v) is 20.5. The molecule has 0 unspecified atom stereocenters. The summed E-state index contributed by atoms with van der Waals surface area (Å²) in [6.07, 6.45) is 3.63. The molecule has 8 nitrogen and oxygen atoms in total. The van der Waals surface area contributed by atoms with E-state index in [4.69, 9.17) is 9.57 Å². The lowest BCUT2D eigenvalue weighted by atomic mass is 9.89. The molecule has 0 radical (unpaired) electrons. The second kappa shape index (κ2) is 10.8. The van der Waals surface area contributed by atoms with E-state index in [1.54, 1.807) is 12.1 Å². The summed E-state index contributed by atoms with van der Waals surface area (Å²) < 4.78 is 16.6. The van der Waals surface area contributed by atoms with Crippen molar-refractivity contribution in [3.63, 3.8) is 0 Å². The van der Waals surface area contributed by atoms with Crippen LogP contribution in [0.4, 0.5) is 0 Å². The predicted molar refractivity (Wildman–Crippen MR) is 126 cm³/mol. The summed E-state index contributed by atoms with van der Waals surface area (Å²) in [6.45, 7) is 7.47. The number of fused-ring (bicyclic) bond motifs is 1. The standard InChI is InChI=1S/C25H28NO7P/c1-5-18-15(3)20-13-32-25(30)22(20)23(27)19(18)11-10-14(2)12-17-8-6-7-9-21(17)33-26(34-31)16(4)24(28)29/h6-10,16,27H,5,11-13H2,1-4H3,(H,28,29)/t16-/m0/s1. The first kappa shape index (κ1) is 25.4. The molecule has 1 aliphatic heterocycles. The van der Waals surface area contributed by atoms with Crippen molar-refractivity contribution in [3.05, 3.63) is 69.3 Å². The molecule has 0 bridgehead atoms. The summed E-state index contributed by atoms with van der Waals surface area (Å²) in [7, 11) is -0.565. The molecule has 34 heavy (non-hydrogen) atoms. The number of carbonyl (C=O) groups excluding carboxylic acids is 1. The first-order valence-electron chi connectivity index (χ1n) is 11.0. The number of allylic oxidation sites excluding steroid dienone is 2. The third-order valence-electron chi connectivity index (χ3n) is 6.06. The highest BCUT2D eigenvalue weighted by Gasteiger charge is 2.31. The van der Waals surface area contributed by atoms with Gasteiger partial charge >= 0.3 is 11.9 Å². The van der Waals surface area contributed by atoms with Crippen molar-refractivity contribution in [3.8, 4) is 11.5 Å². The highest BCUT2D eigenvalue weighted by molar-refractivity contribution is 7.20. The lowest BCUT2D eigenvalue weighted by molar-refractivity contribution is -0.147. The van der Waals surface area contributed by atoms with Crippen molar-refractivity contribution < 1.29 is 33.9 Å². The molecule has 0 aromatic heterocycles. The van der Waals surface area contributed by atoms with E-state index < -0.39 is 26.6 Å². The van der Waals surface area contributed by atoms with Crippen LogP contribution in [0.2, 0.25) is 0 Å². The van der Waals surface area contributed by atoms with Gasteiger partial charge in [0.2, 0.25) is 0 Å². The maximum atomic E-state index is 12.1. The number of hydrogen-bond acceptors (Lipinski definition) is 6. The lowest BCUT2D eigenvalue weighted by Gasteiger charge is -2.20. The van der Waals surface area contributed by atoms with Crippen LogP contribution in [0.15, 0.2) is 35.9 Å². The Morgan fingerprint density at radius 2 is 2.03 bits per heavy atom. The highest BCUT2D eigenvalue weighted by atomic mass is 31.1. The van der Waals surface area contributed by atoms with Gasteiger partial charge in [0.25, 0.3) is 8.61 Å². The minimum Gasteiger partial charge on any atom is -0.507 e. The maximum Gasteiger partial charge on any atom is 0.342 e. The zero-order chi connectivity index (χ0) is 25.0. The number of carboxylic acids is 1. The zero-order valence-electron chi connectivity index (χ0n) is 19.6. The normalized spacial score (nSPS) is 14.3. The second-order valence-corrected chi connectivity index (χ2v) is 8.80. The number of ether oxygens (including phenoxy) is 1. The first-order valence-corrected chi connectivity index (χ1v) is 11.8. The molecule has 3 rings (SSSR count). The number of rotatable bonds is 10. The van der Waals surface area contributed by atoms with Crippen LogP contribution in [0.5, 0.6) is 11.5 Å². The van der Waals surface area contributed by atoms with Gasteiger partial charge in [0.1, 0.15) is 17.9 Å².